The molecular weight excluding hydrogens is 248 g/mol. The average Bonchev–Trinajstić information content (AvgIpc) is 2.85. The Balaban J connectivity index is 1.97. The van der Waals surface area contributed by atoms with Gasteiger partial charge < -0.3 is 4.74 Å². The van der Waals surface area contributed by atoms with Crippen LogP contribution in [-0.4, -0.2) is 9.78 Å². The minimum absolute atomic E-state index is 0.192. The van der Waals surface area contributed by atoms with Crippen molar-refractivity contribution >= 4 is 0 Å². The third-order valence-electron chi connectivity index (χ3n) is 3.33. The molecule has 0 saturated carbocycles. The monoisotopic (exact) mass is 272 g/mol. The van der Waals surface area contributed by atoms with Crippen LogP contribution in [0, 0.1) is 0 Å². The summed E-state index contributed by atoms with van der Waals surface area (Å²) in [5.41, 5.74) is 2.71. The van der Waals surface area contributed by atoms with Crippen LogP contribution in [0.4, 0.5) is 0 Å². The fraction of sp³-hybridized carbons (Fsp3) is 0.471. The summed E-state index contributed by atoms with van der Waals surface area (Å²) in [4.78, 5) is 0. The zero-order chi connectivity index (χ0) is 14.8. The maximum atomic E-state index is 5.77. The molecule has 1 aromatic heterocycles. The molecule has 0 amide bonds. The highest BCUT2D eigenvalue weighted by Gasteiger charge is 2.12. The quantitative estimate of drug-likeness (QED) is 0.827. The summed E-state index contributed by atoms with van der Waals surface area (Å²) in [6.07, 6.45) is 3.71. The van der Waals surface area contributed by atoms with E-state index < -0.39 is 0 Å². The first-order chi connectivity index (χ1) is 9.36. The Morgan fingerprint density at radius 2 is 1.80 bits per heavy atom. The van der Waals surface area contributed by atoms with Crippen molar-refractivity contribution in [1.29, 1.82) is 0 Å². The standard InChI is InChI=1S/C17H24N2O/c1-13(2)19-11-16(10-18-19)20-12-14-6-8-15(9-7-14)17(3,4)5/h6-11,13H,12H2,1-5H3. The van der Waals surface area contributed by atoms with Gasteiger partial charge in [-0.25, -0.2) is 0 Å². The molecule has 0 spiro atoms. The molecule has 0 fully saturated rings. The Hall–Kier alpha value is -1.77. The number of nitrogens with zero attached hydrogens (tertiary/aromatic N) is 2. The summed E-state index contributed by atoms with van der Waals surface area (Å²) in [6.45, 7) is 11.4. The highest BCUT2D eigenvalue weighted by atomic mass is 16.5. The number of aromatic nitrogens is 2. The van der Waals surface area contributed by atoms with E-state index in [1.807, 2.05) is 10.9 Å². The van der Waals surface area contributed by atoms with Crippen molar-refractivity contribution in [2.45, 2.75) is 52.7 Å². The number of ether oxygens (including phenoxy) is 1. The van der Waals surface area contributed by atoms with Crippen LogP contribution < -0.4 is 4.74 Å². The van der Waals surface area contributed by atoms with Crippen LogP contribution in [0.5, 0.6) is 5.75 Å². The molecule has 1 heterocycles. The van der Waals surface area contributed by atoms with E-state index in [1.165, 1.54) is 11.1 Å². The van der Waals surface area contributed by atoms with E-state index in [0.29, 0.717) is 12.6 Å². The minimum atomic E-state index is 0.192. The minimum Gasteiger partial charge on any atom is -0.486 e. The van der Waals surface area contributed by atoms with Gasteiger partial charge >= 0.3 is 0 Å². The summed E-state index contributed by atoms with van der Waals surface area (Å²) in [6, 6.07) is 8.98. The molecule has 1 aromatic carbocycles. The number of hydrogen-bond donors (Lipinski definition) is 0. The van der Waals surface area contributed by atoms with Crippen molar-refractivity contribution in [1.82, 2.24) is 9.78 Å². The maximum absolute atomic E-state index is 5.77. The largest absolute Gasteiger partial charge is 0.486 e. The van der Waals surface area contributed by atoms with Crippen molar-refractivity contribution in [3.8, 4) is 5.75 Å². The molecule has 0 aliphatic rings. The molecule has 3 nitrogen and oxygen atoms in total. The van der Waals surface area contributed by atoms with E-state index in [0.717, 1.165) is 5.75 Å². The van der Waals surface area contributed by atoms with E-state index in [4.69, 9.17) is 4.74 Å². The van der Waals surface area contributed by atoms with Crippen molar-refractivity contribution in [3.05, 3.63) is 47.8 Å². The molecule has 0 bridgehead atoms. The Kier molecular flexibility index (Phi) is 4.17. The molecule has 0 saturated heterocycles. The summed E-state index contributed by atoms with van der Waals surface area (Å²) < 4.78 is 7.67. The first kappa shape index (κ1) is 14.6. The molecule has 0 N–H and O–H groups in total. The lowest BCUT2D eigenvalue weighted by atomic mass is 9.87. The average molecular weight is 272 g/mol. The molecule has 2 aromatic rings. The second kappa shape index (κ2) is 5.70. The fourth-order valence-corrected chi connectivity index (χ4v) is 1.95. The lowest BCUT2D eigenvalue weighted by Gasteiger charge is -2.19. The molecule has 108 valence electrons. The van der Waals surface area contributed by atoms with Gasteiger partial charge in [0.25, 0.3) is 0 Å². The van der Waals surface area contributed by atoms with Gasteiger partial charge in [-0.15, -0.1) is 0 Å². The van der Waals surface area contributed by atoms with Gasteiger partial charge in [0.1, 0.15) is 6.61 Å². The predicted octanol–water partition coefficient (Wildman–Crippen LogP) is 4.34. The van der Waals surface area contributed by atoms with Gasteiger partial charge in [0.05, 0.1) is 12.4 Å². The Morgan fingerprint density at radius 1 is 1.15 bits per heavy atom. The summed E-state index contributed by atoms with van der Waals surface area (Å²) in [7, 11) is 0. The predicted molar refractivity (Wildman–Crippen MR) is 82.1 cm³/mol. The van der Waals surface area contributed by atoms with Crippen LogP contribution >= 0.6 is 0 Å². The molecule has 3 heteroatoms. The van der Waals surface area contributed by atoms with Crippen LogP contribution in [0.15, 0.2) is 36.7 Å². The van der Waals surface area contributed by atoms with E-state index in [2.05, 4.69) is 64.0 Å². The molecule has 0 aliphatic heterocycles. The van der Waals surface area contributed by atoms with Gasteiger partial charge in [-0.3, -0.25) is 4.68 Å². The van der Waals surface area contributed by atoms with Crippen molar-refractivity contribution in [2.75, 3.05) is 0 Å². The molecule has 0 unspecified atom stereocenters. The van der Waals surface area contributed by atoms with E-state index in [-0.39, 0.29) is 5.41 Å². The SMILES string of the molecule is CC(C)n1cc(OCc2ccc(C(C)(C)C)cc2)cn1. The summed E-state index contributed by atoms with van der Waals surface area (Å²) in [5.74, 6) is 0.818. The number of hydrogen-bond acceptors (Lipinski definition) is 2. The van der Waals surface area contributed by atoms with Gasteiger partial charge in [0.2, 0.25) is 0 Å². The highest BCUT2D eigenvalue weighted by molar-refractivity contribution is 5.27. The van der Waals surface area contributed by atoms with Crippen LogP contribution in [0.2, 0.25) is 0 Å². The van der Waals surface area contributed by atoms with Gasteiger partial charge in [-0.1, -0.05) is 45.0 Å². The van der Waals surface area contributed by atoms with Crippen LogP contribution in [-0.2, 0) is 12.0 Å². The third-order valence-corrected chi connectivity index (χ3v) is 3.33. The maximum Gasteiger partial charge on any atom is 0.157 e. The summed E-state index contributed by atoms with van der Waals surface area (Å²) >= 11 is 0. The number of rotatable bonds is 4. The smallest absolute Gasteiger partial charge is 0.157 e. The van der Waals surface area contributed by atoms with Gasteiger partial charge in [0.15, 0.2) is 5.75 Å². The Morgan fingerprint density at radius 3 is 2.30 bits per heavy atom. The highest BCUT2D eigenvalue weighted by Crippen LogP contribution is 2.22. The van der Waals surface area contributed by atoms with E-state index in [9.17, 15) is 0 Å². The molecule has 0 radical (unpaired) electrons. The van der Waals surface area contributed by atoms with E-state index in [1.54, 1.807) is 6.20 Å². The molecule has 2 rings (SSSR count). The molecule has 0 atom stereocenters. The molecule has 0 aliphatic carbocycles. The lowest BCUT2D eigenvalue weighted by molar-refractivity contribution is 0.305. The first-order valence-electron chi connectivity index (χ1n) is 7.12. The Bertz CT molecular complexity index is 547. The first-order valence-corrected chi connectivity index (χ1v) is 7.12. The van der Waals surface area contributed by atoms with Crippen molar-refractivity contribution in [2.24, 2.45) is 0 Å². The van der Waals surface area contributed by atoms with E-state index >= 15 is 0 Å². The fourth-order valence-electron chi connectivity index (χ4n) is 1.95. The lowest BCUT2D eigenvalue weighted by Crippen LogP contribution is -2.10. The van der Waals surface area contributed by atoms with Crippen molar-refractivity contribution in [3.63, 3.8) is 0 Å². The Labute approximate surface area is 121 Å². The normalized spacial score (nSPS) is 11.9. The molecular formula is C17H24N2O. The second-order valence-corrected chi connectivity index (χ2v) is 6.49. The zero-order valence-electron chi connectivity index (χ0n) is 13.1. The van der Waals surface area contributed by atoms with Gasteiger partial charge in [-0.2, -0.15) is 5.10 Å². The number of benzene rings is 1. The van der Waals surface area contributed by atoms with Crippen LogP contribution in [0.25, 0.3) is 0 Å². The van der Waals surface area contributed by atoms with Crippen molar-refractivity contribution < 1.29 is 4.74 Å². The molecule has 20 heavy (non-hydrogen) atoms. The summed E-state index contributed by atoms with van der Waals surface area (Å²) in [5, 5.41) is 4.27. The second-order valence-electron chi connectivity index (χ2n) is 6.49. The van der Waals surface area contributed by atoms with Crippen LogP contribution in [0.1, 0.15) is 51.8 Å². The topological polar surface area (TPSA) is 27.1 Å². The zero-order valence-corrected chi connectivity index (χ0v) is 13.1. The third kappa shape index (κ3) is 3.62. The van der Waals surface area contributed by atoms with Gasteiger partial charge in [-0.05, 0) is 30.4 Å². The van der Waals surface area contributed by atoms with Crippen LogP contribution in [0.3, 0.4) is 0 Å². The van der Waals surface area contributed by atoms with Gasteiger partial charge in [0, 0.05) is 6.04 Å².